The molecule has 1 aromatic heterocycles. The number of nitrogens with one attached hydrogen (secondary N) is 1. The van der Waals surface area contributed by atoms with Crippen LogP contribution in [0.5, 0.6) is 0 Å². The van der Waals surface area contributed by atoms with Gasteiger partial charge in [-0.15, -0.1) is 0 Å². The highest BCUT2D eigenvalue weighted by Gasteiger charge is 2.46. The molecule has 2 unspecified atom stereocenters. The van der Waals surface area contributed by atoms with Crippen LogP contribution in [0.15, 0.2) is 12.4 Å². The van der Waals surface area contributed by atoms with E-state index in [2.05, 4.69) is 49.2 Å². The predicted octanol–water partition coefficient (Wildman–Crippen LogP) is 2.50. The Hall–Kier alpha value is -0.870. The van der Waals surface area contributed by atoms with Gasteiger partial charge in [0.15, 0.2) is 0 Å². The van der Waals surface area contributed by atoms with Gasteiger partial charge in [-0.3, -0.25) is 9.58 Å². The molecule has 0 radical (unpaired) electrons. The lowest BCUT2D eigenvalue weighted by Crippen LogP contribution is -2.64. The Balaban J connectivity index is 1.73. The van der Waals surface area contributed by atoms with Crippen LogP contribution in [-0.2, 0) is 13.1 Å². The van der Waals surface area contributed by atoms with Crippen LogP contribution in [0, 0.1) is 11.8 Å². The second-order valence-electron chi connectivity index (χ2n) is 7.49. The predicted molar refractivity (Wildman–Crippen MR) is 86.1 cm³/mol. The van der Waals surface area contributed by atoms with Crippen LogP contribution < -0.4 is 5.32 Å². The molecule has 118 valence electrons. The van der Waals surface area contributed by atoms with Gasteiger partial charge in [0.1, 0.15) is 0 Å². The van der Waals surface area contributed by atoms with E-state index in [1.54, 1.807) is 0 Å². The molecular weight excluding hydrogens is 260 g/mol. The average molecular weight is 290 g/mol. The third kappa shape index (κ3) is 3.16. The van der Waals surface area contributed by atoms with E-state index >= 15 is 0 Å². The second-order valence-corrected chi connectivity index (χ2v) is 7.49. The van der Waals surface area contributed by atoms with Crippen molar-refractivity contribution in [2.24, 2.45) is 11.8 Å². The molecule has 0 aromatic carbocycles. The molecule has 0 spiro atoms. The smallest absolute Gasteiger partial charge is 0.0534 e. The van der Waals surface area contributed by atoms with Gasteiger partial charge >= 0.3 is 0 Å². The van der Waals surface area contributed by atoms with Crippen molar-refractivity contribution in [3.8, 4) is 0 Å². The number of rotatable bonds is 5. The summed E-state index contributed by atoms with van der Waals surface area (Å²) in [7, 11) is 0. The lowest BCUT2D eigenvalue weighted by Gasteiger charge is -2.48. The summed E-state index contributed by atoms with van der Waals surface area (Å²) < 4.78 is 2.03. The lowest BCUT2D eigenvalue weighted by molar-refractivity contribution is 0.0462. The Morgan fingerprint density at radius 1 is 1.43 bits per heavy atom. The van der Waals surface area contributed by atoms with Crippen LogP contribution in [-0.4, -0.2) is 39.4 Å². The van der Waals surface area contributed by atoms with Crippen molar-refractivity contribution in [2.75, 3.05) is 13.1 Å². The molecule has 1 saturated carbocycles. The zero-order chi connectivity index (χ0) is 15.0. The molecule has 1 N–H and O–H groups in total. The van der Waals surface area contributed by atoms with Crippen molar-refractivity contribution in [1.29, 1.82) is 0 Å². The van der Waals surface area contributed by atoms with Crippen molar-refractivity contribution in [2.45, 2.75) is 65.2 Å². The van der Waals surface area contributed by atoms with E-state index in [0.717, 1.165) is 32.1 Å². The van der Waals surface area contributed by atoms with E-state index in [1.807, 2.05) is 10.9 Å². The van der Waals surface area contributed by atoms with E-state index in [0.29, 0.717) is 17.5 Å². The maximum Gasteiger partial charge on any atom is 0.0534 e. The molecule has 1 saturated heterocycles. The normalized spacial score (nSPS) is 31.0. The molecule has 4 heteroatoms. The van der Waals surface area contributed by atoms with E-state index < -0.39 is 0 Å². The topological polar surface area (TPSA) is 33.1 Å². The maximum atomic E-state index is 4.43. The molecule has 1 aliphatic carbocycles. The number of hydrogen-bond donors (Lipinski definition) is 1. The minimum Gasteiger partial charge on any atom is -0.308 e. The molecule has 21 heavy (non-hydrogen) atoms. The summed E-state index contributed by atoms with van der Waals surface area (Å²) in [6.45, 7) is 13.5. The Kier molecular flexibility index (Phi) is 4.10. The average Bonchev–Trinajstić information content (AvgIpc) is 3.21. The molecule has 2 aliphatic rings. The third-order valence-electron chi connectivity index (χ3n) is 5.36. The van der Waals surface area contributed by atoms with Crippen LogP contribution in [0.4, 0.5) is 0 Å². The number of piperazine rings is 1. The molecular formula is C17H30N4. The molecule has 2 fully saturated rings. The van der Waals surface area contributed by atoms with Crippen LogP contribution in [0.1, 0.15) is 46.1 Å². The zero-order valence-electron chi connectivity index (χ0n) is 14.0. The van der Waals surface area contributed by atoms with Gasteiger partial charge in [0, 0.05) is 49.5 Å². The second kappa shape index (κ2) is 5.73. The monoisotopic (exact) mass is 290 g/mol. The van der Waals surface area contributed by atoms with Crippen LogP contribution >= 0.6 is 0 Å². The standard InChI is InChI=1S/C17H30N4/c1-5-21-11-14(8-19-21)10-20-12-17(4,15-6-7-15)18-9-16(20)13(2)3/h8,11,13,15-16,18H,5-7,9-10,12H2,1-4H3. The fraction of sp³-hybridized carbons (Fsp3) is 0.824. The van der Waals surface area contributed by atoms with Gasteiger partial charge in [0.25, 0.3) is 0 Å². The van der Waals surface area contributed by atoms with Crippen molar-refractivity contribution in [3.63, 3.8) is 0 Å². The summed E-state index contributed by atoms with van der Waals surface area (Å²) in [6, 6.07) is 0.627. The van der Waals surface area contributed by atoms with E-state index in [9.17, 15) is 0 Å². The molecule has 1 aliphatic heterocycles. The van der Waals surface area contributed by atoms with E-state index in [4.69, 9.17) is 0 Å². The molecule has 1 aromatic rings. The van der Waals surface area contributed by atoms with Gasteiger partial charge in [-0.25, -0.2) is 0 Å². The van der Waals surface area contributed by atoms with E-state index in [1.165, 1.54) is 18.4 Å². The quantitative estimate of drug-likeness (QED) is 0.904. The Bertz CT molecular complexity index is 477. The summed E-state index contributed by atoms with van der Waals surface area (Å²) in [4.78, 5) is 2.69. The van der Waals surface area contributed by atoms with Gasteiger partial charge in [0.2, 0.25) is 0 Å². The van der Waals surface area contributed by atoms with Crippen molar-refractivity contribution in [3.05, 3.63) is 18.0 Å². The first-order chi connectivity index (χ1) is 10.0. The van der Waals surface area contributed by atoms with Crippen LogP contribution in [0.2, 0.25) is 0 Å². The minimum atomic E-state index is 0.312. The number of hydrogen-bond acceptors (Lipinski definition) is 3. The fourth-order valence-electron chi connectivity index (χ4n) is 3.78. The van der Waals surface area contributed by atoms with Crippen LogP contribution in [0.25, 0.3) is 0 Å². The summed E-state index contributed by atoms with van der Waals surface area (Å²) in [5.41, 5.74) is 1.66. The van der Waals surface area contributed by atoms with Gasteiger partial charge in [-0.2, -0.15) is 5.10 Å². The van der Waals surface area contributed by atoms with E-state index in [-0.39, 0.29) is 0 Å². The van der Waals surface area contributed by atoms with Gasteiger partial charge in [-0.1, -0.05) is 13.8 Å². The summed E-state index contributed by atoms with van der Waals surface area (Å²) in [6.07, 6.45) is 7.04. The van der Waals surface area contributed by atoms with Crippen molar-refractivity contribution < 1.29 is 0 Å². The van der Waals surface area contributed by atoms with Gasteiger partial charge in [-0.05, 0) is 38.5 Å². The highest BCUT2D eigenvalue weighted by Crippen LogP contribution is 2.42. The SMILES string of the molecule is CCn1cc(CN2CC(C)(C3CC3)NCC2C(C)C)cn1. The molecule has 2 heterocycles. The highest BCUT2D eigenvalue weighted by atomic mass is 15.3. The van der Waals surface area contributed by atoms with Crippen molar-refractivity contribution in [1.82, 2.24) is 20.0 Å². The largest absolute Gasteiger partial charge is 0.308 e. The first kappa shape index (κ1) is 15.0. The molecule has 2 atom stereocenters. The Morgan fingerprint density at radius 3 is 2.76 bits per heavy atom. The number of aryl methyl sites for hydroxylation is 1. The molecule has 0 bridgehead atoms. The minimum absolute atomic E-state index is 0.312. The summed E-state index contributed by atoms with van der Waals surface area (Å²) >= 11 is 0. The maximum absolute atomic E-state index is 4.43. The van der Waals surface area contributed by atoms with Crippen LogP contribution in [0.3, 0.4) is 0 Å². The van der Waals surface area contributed by atoms with Crippen molar-refractivity contribution >= 4 is 0 Å². The molecule has 4 nitrogen and oxygen atoms in total. The number of nitrogens with zero attached hydrogens (tertiary/aromatic N) is 3. The number of aromatic nitrogens is 2. The first-order valence-electron chi connectivity index (χ1n) is 8.52. The fourth-order valence-corrected chi connectivity index (χ4v) is 3.78. The highest BCUT2D eigenvalue weighted by molar-refractivity contribution is 5.09. The Morgan fingerprint density at radius 2 is 2.19 bits per heavy atom. The lowest BCUT2D eigenvalue weighted by atomic mass is 9.88. The van der Waals surface area contributed by atoms with Gasteiger partial charge < -0.3 is 5.32 Å². The zero-order valence-corrected chi connectivity index (χ0v) is 14.0. The van der Waals surface area contributed by atoms with Gasteiger partial charge in [0.05, 0.1) is 6.20 Å². The summed E-state index contributed by atoms with van der Waals surface area (Å²) in [5, 5.41) is 8.29. The molecule has 0 amide bonds. The Labute approximate surface area is 128 Å². The summed E-state index contributed by atoms with van der Waals surface area (Å²) in [5.74, 6) is 1.56. The first-order valence-corrected chi connectivity index (χ1v) is 8.52. The molecule has 3 rings (SSSR count). The third-order valence-corrected chi connectivity index (χ3v) is 5.36.